The van der Waals surface area contributed by atoms with Crippen molar-refractivity contribution in [2.45, 2.75) is 25.8 Å². The second kappa shape index (κ2) is 7.56. The van der Waals surface area contributed by atoms with Crippen molar-refractivity contribution in [2.24, 2.45) is 0 Å². The molecule has 5 nitrogen and oxygen atoms in total. The second-order valence-electron chi connectivity index (χ2n) is 7.20. The molecular formula is C21H24FN2O3+. The average molecular weight is 371 g/mol. The van der Waals surface area contributed by atoms with Gasteiger partial charge in [-0.05, 0) is 42.8 Å². The summed E-state index contributed by atoms with van der Waals surface area (Å²) in [4.78, 5) is 13.7. The van der Waals surface area contributed by atoms with E-state index >= 15 is 0 Å². The number of likely N-dealkylation sites (tertiary alicyclic amines) is 1. The molecule has 2 aliphatic rings. The van der Waals surface area contributed by atoms with Crippen molar-refractivity contribution in [2.75, 3.05) is 31.6 Å². The van der Waals surface area contributed by atoms with Gasteiger partial charge in [-0.15, -0.1) is 0 Å². The van der Waals surface area contributed by atoms with Crippen LogP contribution < -0.4 is 19.7 Å². The molecular weight excluding hydrogens is 347 g/mol. The normalized spacial score (nSPS) is 21.1. The van der Waals surface area contributed by atoms with Crippen LogP contribution in [0.15, 0.2) is 36.4 Å². The molecule has 2 N–H and O–H groups in total. The third kappa shape index (κ3) is 3.90. The Hall–Kier alpha value is -2.60. The number of anilines is 1. The number of amides is 1. The Kier molecular flexibility index (Phi) is 4.99. The Bertz CT molecular complexity index is 855. The molecule has 2 aromatic rings. The van der Waals surface area contributed by atoms with E-state index in [0.29, 0.717) is 31.0 Å². The Morgan fingerprint density at radius 2 is 2.00 bits per heavy atom. The number of hydrogen-bond donors (Lipinski definition) is 2. The van der Waals surface area contributed by atoms with E-state index in [1.54, 1.807) is 19.1 Å². The largest absolute Gasteiger partial charge is 0.486 e. The third-order valence-electron chi connectivity index (χ3n) is 5.30. The molecule has 2 atom stereocenters. The van der Waals surface area contributed by atoms with Gasteiger partial charge in [-0.25, -0.2) is 4.39 Å². The number of halogens is 1. The molecule has 4 rings (SSSR count). The average Bonchev–Trinajstić information content (AvgIpc) is 3.12. The minimum absolute atomic E-state index is 0.0994. The molecule has 0 radical (unpaired) electrons. The van der Waals surface area contributed by atoms with Gasteiger partial charge in [-0.1, -0.05) is 6.07 Å². The molecule has 1 amide bonds. The van der Waals surface area contributed by atoms with Gasteiger partial charge in [-0.3, -0.25) is 4.79 Å². The van der Waals surface area contributed by atoms with Gasteiger partial charge in [0, 0.05) is 24.1 Å². The number of carbonyl (C=O) groups is 1. The first kappa shape index (κ1) is 17.8. The van der Waals surface area contributed by atoms with Gasteiger partial charge >= 0.3 is 0 Å². The summed E-state index contributed by atoms with van der Waals surface area (Å²) in [6.45, 7) is 4.14. The summed E-state index contributed by atoms with van der Waals surface area (Å²) < 4.78 is 25.0. The first-order valence-electron chi connectivity index (χ1n) is 9.40. The second-order valence-corrected chi connectivity index (χ2v) is 7.20. The first-order valence-corrected chi connectivity index (χ1v) is 9.40. The summed E-state index contributed by atoms with van der Waals surface area (Å²) in [7, 11) is 0. The van der Waals surface area contributed by atoms with Crippen molar-refractivity contribution >= 4 is 11.6 Å². The van der Waals surface area contributed by atoms with Crippen LogP contribution in [-0.4, -0.2) is 32.2 Å². The number of aryl methyl sites for hydroxylation is 1. The maximum atomic E-state index is 13.7. The molecule has 0 bridgehead atoms. The lowest BCUT2D eigenvalue weighted by Gasteiger charge is -2.24. The number of fused-ring (bicyclic) bond motifs is 1. The van der Waals surface area contributed by atoms with Crippen LogP contribution in [0, 0.1) is 12.7 Å². The molecule has 27 heavy (non-hydrogen) atoms. The highest BCUT2D eigenvalue weighted by molar-refractivity contribution is 5.91. The van der Waals surface area contributed by atoms with Crippen LogP contribution in [-0.2, 0) is 4.79 Å². The zero-order valence-electron chi connectivity index (χ0n) is 15.4. The van der Waals surface area contributed by atoms with E-state index in [2.05, 4.69) is 11.4 Å². The Labute approximate surface area is 158 Å². The molecule has 0 aromatic heterocycles. The lowest BCUT2D eigenvalue weighted by atomic mass is 10.0. The van der Waals surface area contributed by atoms with E-state index in [1.807, 2.05) is 12.1 Å². The number of nitrogens with one attached hydrogen (secondary N) is 2. The van der Waals surface area contributed by atoms with Crippen molar-refractivity contribution in [3.8, 4) is 11.5 Å². The number of hydrogen-bond acceptors (Lipinski definition) is 3. The van der Waals surface area contributed by atoms with E-state index in [4.69, 9.17) is 9.47 Å². The molecule has 2 heterocycles. The van der Waals surface area contributed by atoms with E-state index in [9.17, 15) is 9.18 Å². The summed E-state index contributed by atoms with van der Waals surface area (Å²) >= 11 is 0. The Balaban J connectivity index is 1.43. The number of quaternary nitrogens is 1. The van der Waals surface area contributed by atoms with E-state index in [-0.39, 0.29) is 17.8 Å². The van der Waals surface area contributed by atoms with Crippen LogP contribution in [0.1, 0.15) is 30.0 Å². The van der Waals surface area contributed by atoms with Crippen molar-refractivity contribution in [3.63, 3.8) is 0 Å². The highest BCUT2D eigenvalue weighted by Gasteiger charge is 2.32. The number of benzene rings is 2. The number of rotatable bonds is 4. The van der Waals surface area contributed by atoms with Crippen molar-refractivity contribution in [3.05, 3.63) is 53.3 Å². The van der Waals surface area contributed by atoms with Crippen LogP contribution in [0.2, 0.25) is 0 Å². The molecule has 1 fully saturated rings. The summed E-state index contributed by atoms with van der Waals surface area (Å²) in [5.41, 5.74) is 2.23. The standard InChI is InChI=1S/C21H23FN2O3/c1-14-4-6-16(12-17(14)22)23-21(25)13-24-8-2-3-18(24)15-5-7-19-20(11-15)27-10-9-26-19/h4-7,11-12,18H,2-3,8-10,13H2,1H3,(H,23,25)/p+1/t18-/m0/s1. The SMILES string of the molecule is Cc1ccc(NC(=O)C[NH+]2CCC[C@H]2c2ccc3c(c2)OCCO3)cc1F. The Morgan fingerprint density at radius 1 is 1.19 bits per heavy atom. The van der Waals surface area contributed by atoms with E-state index < -0.39 is 0 Å². The lowest BCUT2D eigenvalue weighted by Crippen LogP contribution is -3.11. The molecule has 2 aliphatic heterocycles. The summed E-state index contributed by atoms with van der Waals surface area (Å²) in [6, 6.07) is 11.1. The zero-order valence-corrected chi connectivity index (χ0v) is 15.4. The smallest absolute Gasteiger partial charge is 0.279 e. The monoisotopic (exact) mass is 371 g/mol. The highest BCUT2D eigenvalue weighted by Crippen LogP contribution is 2.33. The van der Waals surface area contributed by atoms with Crippen LogP contribution in [0.25, 0.3) is 0 Å². The quantitative estimate of drug-likeness (QED) is 0.867. The van der Waals surface area contributed by atoms with Crippen LogP contribution in [0.3, 0.4) is 0 Å². The van der Waals surface area contributed by atoms with Crippen molar-refractivity contribution < 1.29 is 23.6 Å². The lowest BCUT2D eigenvalue weighted by molar-refractivity contribution is -0.910. The maximum absolute atomic E-state index is 13.7. The molecule has 0 saturated carbocycles. The fourth-order valence-electron chi connectivity index (χ4n) is 3.88. The van der Waals surface area contributed by atoms with Gasteiger partial charge in [0.15, 0.2) is 18.0 Å². The summed E-state index contributed by atoms with van der Waals surface area (Å²) in [5, 5.41) is 2.81. The third-order valence-corrected chi connectivity index (χ3v) is 5.30. The van der Waals surface area contributed by atoms with Crippen LogP contribution in [0.5, 0.6) is 11.5 Å². The molecule has 0 spiro atoms. The van der Waals surface area contributed by atoms with Gasteiger partial charge in [0.05, 0.1) is 6.54 Å². The van der Waals surface area contributed by atoms with Crippen LogP contribution >= 0.6 is 0 Å². The Morgan fingerprint density at radius 3 is 2.81 bits per heavy atom. The highest BCUT2D eigenvalue weighted by atomic mass is 19.1. The minimum Gasteiger partial charge on any atom is -0.486 e. The van der Waals surface area contributed by atoms with Gasteiger partial charge in [0.25, 0.3) is 5.91 Å². The number of carbonyl (C=O) groups excluding carboxylic acids is 1. The first-order chi connectivity index (χ1) is 13.1. The van der Waals surface area contributed by atoms with Crippen molar-refractivity contribution in [1.29, 1.82) is 0 Å². The fraction of sp³-hybridized carbons (Fsp3) is 0.381. The zero-order chi connectivity index (χ0) is 18.8. The van der Waals surface area contributed by atoms with Gasteiger partial charge in [0.1, 0.15) is 25.1 Å². The van der Waals surface area contributed by atoms with E-state index in [1.165, 1.54) is 16.5 Å². The van der Waals surface area contributed by atoms with Crippen molar-refractivity contribution in [1.82, 2.24) is 0 Å². The molecule has 0 aliphatic carbocycles. The van der Waals surface area contributed by atoms with Gasteiger partial charge in [0.2, 0.25) is 0 Å². The molecule has 1 unspecified atom stereocenters. The van der Waals surface area contributed by atoms with E-state index in [0.717, 1.165) is 30.9 Å². The minimum atomic E-state index is -0.310. The summed E-state index contributed by atoms with van der Waals surface area (Å²) in [6.07, 6.45) is 2.10. The van der Waals surface area contributed by atoms with Crippen LogP contribution in [0.4, 0.5) is 10.1 Å². The fourth-order valence-corrected chi connectivity index (χ4v) is 3.88. The predicted molar refractivity (Wildman–Crippen MR) is 99.9 cm³/mol. The van der Waals surface area contributed by atoms with Gasteiger partial charge in [-0.2, -0.15) is 0 Å². The van der Waals surface area contributed by atoms with Gasteiger partial charge < -0.3 is 19.7 Å². The predicted octanol–water partition coefficient (Wildman–Crippen LogP) is 2.26. The molecule has 1 saturated heterocycles. The summed E-state index contributed by atoms with van der Waals surface area (Å²) in [5.74, 6) is 1.15. The molecule has 142 valence electrons. The number of ether oxygens (including phenoxy) is 2. The maximum Gasteiger partial charge on any atom is 0.279 e. The topological polar surface area (TPSA) is 52.0 Å². The molecule has 2 aromatic carbocycles. The molecule has 6 heteroatoms.